The Morgan fingerprint density at radius 3 is 2.79 bits per heavy atom. The van der Waals surface area contributed by atoms with E-state index in [2.05, 4.69) is 10.6 Å². The molecule has 0 radical (unpaired) electrons. The number of hydrogen-bond acceptors (Lipinski definition) is 4. The molecule has 0 aliphatic carbocycles. The summed E-state index contributed by atoms with van der Waals surface area (Å²) in [5.41, 5.74) is 5.85. The molecule has 1 aromatic heterocycles. The van der Waals surface area contributed by atoms with E-state index < -0.39 is 16.1 Å². The van der Waals surface area contributed by atoms with Gasteiger partial charge in [0.25, 0.3) is 10.0 Å². The van der Waals surface area contributed by atoms with Gasteiger partial charge in [-0.25, -0.2) is 8.42 Å². The van der Waals surface area contributed by atoms with Crippen LogP contribution in [-0.4, -0.2) is 14.5 Å². The molecule has 1 aromatic rings. The van der Waals surface area contributed by atoms with Gasteiger partial charge in [-0.1, -0.05) is 5.92 Å². The van der Waals surface area contributed by atoms with Gasteiger partial charge in [-0.15, -0.1) is 17.8 Å². The van der Waals surface area contributed by atoms with E-state index in [4.69, 9.17) is 12.2 Å². The van der Waals surface area contributed by atoms with Crippen LogP contribution in [-0.2, 0) is 10.0 Å². The van der Waals surface area contributed by atoms with Crippen molar-refractivity contribution in [1.82, 2.24) is 4.72 Å². The van der Waals surface area contributed by atoms with Gasteiger partial charge in [0, 0.05) is 11.1 Å². The van der Waals surface area contributed by atoms with E-state index in [-0.39, 0.29) is 4.21 Å². The summed E-state index contributed by atoms with van der Waals surface area (Å²) in [7, 11) is -3.50. The zero-order valence-electron chi connectivity index (χ0n) is 7.52. The minimum absolute atomic E-state index is 0.178. The van der Waals surface area contributed by atoms with Crippen molar-refractivity contribution in [3.05, 3.63) is 11.4 Å². The second kappa shape index (κ2) is 4.00. The van der Waals surface area contributed by atoms with E-state index in [1.165, 1.54) is 6.07 Å². The fourth-order valence-corrected chi connectivity index (χ4v) is 3.06. The van der Waals surface area contributed by atoms with Crippen LogP contribution in [0.4, 0.5) is 5.69 Å². The maximum atomic E-state index is 11.6. The first-order valence-corrected chi connectivity index (χ1v) is 6.14. The Hall–Kier alpha value is -1.03. The van der Waals surface area contributed by atoms with Crippen molar-refractivity contribution in [2.45, 2.75) is 17.2 Å². The highest BCUT2D eigenvalue weighted by Gasteiger charge is 2.17. The molecule has 0 fully saturated rings. The van der Waals surface area contributed by atoms with Crippen LogP contribution in [0.15, 0.2) is 15.7 Å². The molecule has 0 saturated heterocycles. The third-order valence-corrected chi connectivity index (χ3v) is 4.44. The van der Waals surface area contributed by atoms with E-state index in [9.17, 15) is 8.42 Å². The van der Waals surface area contributed by atoms with Gasteiger partial charge in [0.2, 0.25) is 0 Å². The van der Waals surface area contributed by atoms with Gasteiger partial charge in [-0.2, -0.15) is 4.72 Å². The molecule has 0 saturated carbocycles. The normalized spacial score (nSPS) is 13.4. The van der Waals surface area contributed by atoms with Gasteiger partial charge < -0.3 is 5.73 Å². The molecule has 76 valence electrons. The Morgan fingerprint density at radius 1 is 1.71 bits per heavy atom. The number of thiophene rings is 1. The summed E-state index contributed by atoms with van der Waals surface area (Å²) in [6, 6.07) is 0.874. The minimum atomic E-state index is -3.50. The second-order valence-corrected chi connectivity index (χ2v) is 5.56. The van der Waals surface area contributed by atoms with Crippen molar-refractivity contribution >= 4 is 27.0 Å². The van der Waals surface area contributed by atoms with Crippen molar-refractivity contribution in [3.8, 4) is 12.3 Å². The first kappa shape index (κ1) is 11.0. The maximum absolute atomic E-state index is 11.6. The van der Waals surface area contributed by atoms with Crippen LogP contribution in [0.25, 0.3) is 0 Å². The summed E-state index contributed by atoms with van der Waals surface area (Å²) < 4.78 is 25.6. The average molecular weight is 230 g/mol. The summed E-state index contributed by atoms with van der Waals surface area (Å²) in [6.45, 7) is 1.59. The molecule has 0 spiro atoms. The summed E-state index contributed by atoms with van der Waals surface area (Å²) in [5, 5.41) is 1.56. The number of terminal acetylenes is 1. The van der Waals surface area contributed by atoms with Crippen LogP contribution < -0.4 is 10.5 Å². The minimum Gasteiger partial charge on any atom is -0.398 e. The van der Waals surface area contributed by atoms with Crippen LogP contribution in [0, 0.1) is 12.3 Å². The van der Waals surface area contributed by atoms with Gasteiger partial charge >= 0.3 is 0 Å². The molecule has 4 nitrogen and oxygen atoms in total. The predicted octanol–water partition coefficient (Wildman–Crippen LogP) is 0.630. The number of nitrogens with two attached hydrogens (primary N) is 1. The number of sulfonamides is 1. The molecule has 0 aliphatic rings. The first-order valence-electron chi connectivity index (χ1n) is 3.78. The number of hydrogen-bond donors (Lipinski definition) is 2. The summed E-state index contributed by atoms with van der Waals surface area (Å²) >= 11 is 1.06. The van der Waals surface area contributed by atoms with E-state index in [1.807, 2.05) is 0 Å². The highest BCUT2D eigenvalue weighted by Crippen LogP contribution is 2.21. The Kier molecular flexibility index (Phi) is 3.16. The standard InChI is InChI=1S/C8H10N2O2S2/c1-3-6(2)10-14(11,12)8-4-7(9)5-13-8/h1,4-6,10H,9H2,2H3. The molecule has 1 rings (SSSR count). The van der Waals surface area contributed by atoms with E-state index in [0.29, 0.717) is 5.69 Å². The lowest BCUT2D eigenvalue weighted by Crippen LogP contribution is -2.30. The molecule has 1 heterocycles. The van der Waals surface area contributed by atoms with Gasteiger partial charge in [-0.05, 0) is 13.0 Å². The largest absolute Gasteiger partial charge is 0.398 e. The molecule has 6 heteroatoms. The highest BCUT2D eigenvalue weighted by molar-refractivity contribution is 7.91. The molecule has 3 N–H and O–H groups in total. The zero-order valence-corrected chi connectivity index (χ0v) is 9.15. The lowest BCUT2D eigenvalue weighted by Gasteiger charge is -2.06. The van der Waals surface area contributed by atoms with Gasteiger partial charge in [0.05, 0.1) is 6.04 Å². The van der Waals surface area contributed by atoms with Gasteiger partial charge in [0.15, 0.2) is 0 Å². The number of nitrogen functional groups attached to an aromatic ring is 1. The summed E-state index contributed by atoms with van der Waals surface area (Å²) in [6.07, 6.45) is 5.06. The van der Waals surface area contributed by atoms with E-state index >= 15 is 0 Å². The third-order valence-electron chi connectivity index (χ3n) is 1.44. The molecular weight excluding hydrogens is 220 g/mol. The van der Waals surface area contributed by atoms with Crippen molar-refractivity contribution in [1.29, 1.82) is 0 Å². The van der Waals surface area contributed by atoms with Crippen molar-refractivity contribution in [2.24, 2.45) is 0 Å². The summed E-state index contributed by atoms with van der Waals surface area (Å²) in [4.78, 5) is 0. The average Bonchev–Trinajstić information content (AvgIpc) is 2.51. The van der Waals surface area contributed by atoms with Gasteiger partial charge in [-0.3, -0.25) is 0 Å². The number of anilines is 1. The SMILES string of the molecule is C#CC(C)NS(=O)(=O)c1cc(N)cs1. The van der Waals surface area contributed by atoms with E-state index in [0.717, 1.165) is 11.3 Å². The van der Waals surface area contributed by atoms with Crippen LogP contribution in [0.2, 0.25) is 0 Å². The molecule has 1 unspecified atom stereocenters. The molecule has 0 bridgehead atoms. The van der Waals surface area contributed by atoms with Crippen molar-refractivity contribution in [2.75, 3.05) is 5.73 Å². The maximum Gasteiger partial charge on any atom is 0.251 e. The molecule has 0 aliphatic heterocycles. The fourth-order valence-electron chi connectivity index (χ4n) is 0.796. The Labute approximate surface area is 87.2 Å². The topological polar surface area (TPSA) is 72.2 Å². The lowest BCUT2D eigenvalue weighted by atomic mass is 10.4. The first-order chi connectivity index (χ1) is 6.45. The fraction of sp³-hybridized carbons (Fsp3) is 0.250. The molecule has 0 amide bonds. The molecule has 0 aromatic carbocycles. The molecular formula is C8H10N2O2S2. The quantitative estimate of drug-likeness (QED) is 0.748. The monoisotopic (exact) mass is 230 g/mol. The predicted molar refractivity (Wildman–Crippen MR) is 57.3 cm³/mol. The van der Waals surface area contributed by atoms with Crippen molar-refractivity contribution in [3.63, 3.8) is 0 Å². The van der Waals surface area contributed by atoms with Crippen LogP contribution in [0.1, 0.15) is 6.92 Å². The summed E-state index contributed by atoms with van der Waals surface area (Å²) in [5.74, 6) is 2.28. The van der Waals surface area contributed by atoms with Crippen LogP contribution in [0.5, 0.6) is 0 Å². The van der Waals surface area contributed by atoms with Crippen molar-refractivity contribution < 1.29 is 8.42 Å². The van der Waals surface area contributed by atoms with E-state index in [1.54, 1.807) is 12.3 Å². The second-order valence-electron chi connectivity index (χ2n) is 2.71. The Bertz CT molecular complexity index is 456. The van der Waals surface area contributed by atoms with Crippen LogP contribution >= 0.6 is 11.3 Å². The molecule has 14 heavy (non-hydrogen) atoms. The Balaban J connectivity index is 2.93. The Morgan fingerprint density at radius 2 is 2.36 bits per heavy atom. The number of rotatable bonds is 3. The third kappa shape index (κ3) is 2.48. The van der Waals surface area contributed by atoms with Crippen LogP contribution in [0.3, 0.4) is 0 Å². The zero-order chi connectivity index (χ0) is 10.8. The lowest BCUT2D eigenvalue weighted by molar-refractivity contribution is 0.580. The number of nitrogens with one attached hydrogen (secondary N) is 1. The molecule has 1 atom stereocenters. The highest BCUT2D eigenvalue weighted by atomic mass is 32.2. The smallest absolute Gasteiger partial charge is 0.251 e. The van der Waals surface area contributed by atoms with Gasteiger partial charge in [0.1, 0.15) is 4.21 Å².